The summed E-state index contributed by atoms with van der Waals surface area (Å²) in [6, 6.07) is 16.1. The van der Waals surface area contributed by atoms with Crippen molar-refractivity contribution in [1.29, 1.82) is 0 Å². The van der Waals surface area contributed by atoms with Crippen LogP contribution in [0.15, 0.2) is 58.4 Å². The Bertz CT molecular complexity index is 725. The second-order valence-corrected chi connectivity index (χ2v) is 6.49. The number of hydrogen-bond donors (Lipinski definition) is 2. The standard InChI is InChI=1S/C16H14BrNOS/c17-13-3-1-2-11(8-13)15(19)10-18-14-4-5-16-12(9-14)6-7-20-16/h1-9,15,18-19H,10H2. The van der Waals surface area contributed by atoms with Crippen molar-refractivity contribution in [2.24, 2.45) is 0 Å². The van der Waals surface area contributed by atoms with Crippen LogP contribution < -0.4 is 5.32 Å². The summed E-state index contributed by atoms with van der Waals surface area (Å²) in [6.07, 6.45) is -0.523. The zero-order chi connectivity index (χ0) is 13.9. The quantitative estimate of drug-likeness (QED) is 0.709. The molecule has 0 saturated heterocycles. The molecule has 1 unspecified atom stereocenters. The number of nitrogens with one attached hydrogen (secondary N) is 1. The van der Waals surface area contributed by atoms with Crippen molar-refractivity contribution in [1.82, 2.24) is 0 Å². The highest BCUT2D eigenvalue weighted by Crippen LogP contribution is 2.25. The van der Waals surface area contributed by atoms with Gasteiger partial charge in [-0.1, -0.05) is 28.1 Å². The second-order valence-electron chi connectivity index (χ2n) is 4.62. The molecule has 20 heavy (non-hydrogen) atoms. The summed E-state index contributed by atoms with van der Waals surface area (Å²) >= 11 is 5.16. The average molecular weight is 348 g/mol. The third-order valence-corrected chi connectivity index (χ3v) is 4.58. The Balaban J connectivity index is 1.69. The number of fused-ring (bicyclic) bond motifs is 1. The molecule has 2 N–H and O–H groups in total. The third-order valence-electron chi connectivity index (χ3n) is 3.19. The van der Waals surface area contributed by atoms with Gasteiger partial charge in [0.15, 0.2) is 0 Å². The van der Waals surface area contributed by atoms with Crippen LogP contribution in [0.1, 0.15) is 11.7 Å². The monoisotopic (exact) mass is 347 g/mol. The van der Waals surface area contributed by atoms with Crippen LogP contribution in [0.4, 0.5) is 5.69 Å². The number of benzene rings is 2. The van der Waals surface area contributed by atoms with E-state index < -0.39 is 6.10 Å². The number of hydrogen-bond acceptors (Lipinski definition) is 3. The Morgan fingerprint density at radius 3 is 2.90 bits per heavy atom. The summed E-state index contributed by atoms with van der Waals surface area (Å²) in [4.78, 5) is 0. The van der Waals surface area contributed by atoms with Gasteiger partial charge < -0.3 is 10.4 Å². The number of aliphatic hydroxyl groups excluding tert-OH is 1. The molecule has 102 valence electrons. The molecule has 2 nitrogen and oxygen atoms in total. The summed E-state index contributed by atoms with van der Waals surface area (Å²) in [5, 5.41) is 16.8. The van der Waals surface area contributed by atoms with E-state index in [2.05, 4.69) is 44.8 Å². The molecule has 3 aromatic rings. The largest absolute Gasteiger partial charge is 0.387 e. The van der Waals surface area contributed by atoms with Gasteiger partial charge in [-0.15, -0.1) is 11.3 Å². The molecule has 0 radical (unpaired) electrons. The molecule has 4 heteroatoms. The summed E-state index contributed by atoms with van der Waals surface area (Å²) in [5.74, 6) is 0. The fourth-order valence-corrected chi connectivity index (χ4v) is 3.31. The molecule has 1 atom stereocenters. The van der Waals surface area contributed by atoms with E-state index in [4.69, 9.17) is 0 Å². The van der Waals surface area contributed by atoms with Crippen molar-refractivity contribution in [3.05, 3.63) is 63.9 Å². The fourth-order valence-electron chi connectivity index (χ4n) is 2.12. The fraction of sp³-hybridized carbons (Fsp3) is 0.125. The average Bonchev–Trinajstić information content (AvgIpc) is 2.92. The van der Waals surface area contributed by atoms with Gasteiger partial charge in [0.25, 0.3) is 0 Å². The lowest BCUT2D eigenvalue weighted by atomic mass is 10.1. The molecule has 0 aliphatic heterocycles. The Morgan fingerprint density at radius 1 is 1.15 bits per heavy atom. The number of thiophene rings is 1. The van der Waals surface area contributed by atoms with Gasteiger partial charge in [-0.2, -0.15) is 0 Å². The van der Waals surface area contributed by atoms with Gasteiger partial charge in [0.1, 0.15) is 0 Å². The van der Waals surface area contributed by atoms with Crippen LogP contribution in [-0.4, -0.2) is 11.7 Å². The molecule has 0 saturated carbocycles. The number of halogens is 1. The first-order valence-corrected chi connectivity index (χ1v) is 8.04. The van der Waals surface area contributed by atoms with Crippen LogP contribution in [-0.2, 0) is 0 Å². The topological polar surface area (TPSA) is 32.3 Å². The first-order chi connectivity index (χ1) is 9.72. The Morgan fingerprint density at radius 2 is 2.05 bits per heavy atom. The minimum Gasteiger partial charge on any atom is -0.387 e. The maximum atomic E-state index is 10.2. The first-order valence-electron chi connectivity index (χ1n) is 6.37. The lowest BCUT2D eigenvalue weighted by molar-refractivity contribution is 0.191. The van der Waals surface area contributed by atoms with E-state index >= 15 is 0 Å². The van der Waals surface area contributed by atoms with Crippen LogP contribution >= 0.6 is 27.3 Å². The summed E-state index contributed by atoms with van der Waals surface area (Å²) in [5.41, 5.74) is 1.94. The molecule has 0 aliphatic rings. The van der Waals surface area contributed by atoms with Crippen molar-refractivity contribution in [2.45, 2.75) is 6.10 Å². The van der Waals surface area contributed by atoms with E-state index in [1.54, 1.807) is 11.3 Å². The van der Waals surface area contributed by atoms with Gasteiger partial charge in [0, 0.05) is 21.4 Å². The predicted octanol–water partition coefficient (Wildman–Crippen LogP) is 4.81. The van der Waals surface area contributed by atoms with Crippen molar-refractivity contribution in [3.8, 4) is 0 Å². The normalized spacial score (nSPS) is 12.5. The zero-order valence-electron chi connectivity index (χ0n) is 10.7. The van der Waals surface area contributed by atoms with Crippen molar-refractivity contribution >= 4 is 43.0 Å². The molecular formula is C16H14BrNOS. The molecular weight excluding hydrogens is 334 g/mol. The van der Waals surface area contributed by atoms with E-state index in [9.17, 15) is 5.11 Å². The van der Waals surface area contributed by atoms with E-state index in [1.807, 2.05) is 30.3 Å². The summed E-state index contributed by atoms with van der Waals surface area (Å²) in [6.45, 7) is 0.492. The van der Waals surface area contributed by atoms with E-state index in [1.165, 1.54) is 10.1 Å². The minimum atomic E-state index is -0.523. The number of rotatable bonds is 4. The maximum Gasteiger partial charge on any atom is 0.0962 e. The molecule has 0 bridgehead atoms. The SMILES string of the molecule is OC(CNc1ccc2sccc2c1)c1cccc(Br)c1. The molecule has 2 aromatic carbocycles. The molecule has 1 heterocycles. The lowest BCUT2D eigenvalue weighted by Crippen LogP contribution is -2.11. The van der Waals surface area contributed by atoms with Gasteiger partial charge in [0.05, 0.1) is 6.10 Å². The van der Waals surface area contributed by atoms with Crippen LogP contribution in [0.25, 0.3) is 10.1 Å². The Hall–Kier alpha value is -1.36. The maximum absolute atomic E-state index is 10.2. The van der Waals surface area contributed by atoms with Gasteiger partial charge >= 0.3 is 0 Å². The first kappa shape index (κ1) is 13.6. The van der Waals surface area contributed by atoms with Gasteiger partial charge in [0.2, 0.25) is 0 Å². The van der Waals surface area contributed by atoms with Gasteiger partial charge in [-0.3, -0.25) is 0 Å². The molecule has 0 fully saturated rings. The van der Waals surface area contributed by atoms with Gasteiger partial charge in [-0.05, 0) is 52.7 Å². The molecule has 0 spiro atoms. The molecule has 1 aromatic heterocycles. The molecule has 3 rings (SSSR count). The highest BCUT2D eigenvalue weighted by Gasteiger charge is 2.07. The predicted molar refractivity (Wildman–Crippen MR) is 89.4 cm³/mol. The van der Waals surface area contributed by atoms with E-state index in [0.29, 0.717) is 6.54 Å². The summed E-state index contributed by atoms with van der Waals surface area (Å²) < 4.78 is 2.26. The Labute approximate surface area is 130 Å². The Kier molecular flexibility index (Phi) is 4.05. The second kappa shape index (κ2) is 5.95. The molecule has 0 amide bonds. The van der Waals surface area contributed by atoms with Gasteiger partial charge in [-0.25, -0.2) is 0 Å². The van der Waals surface area contributed by atoms with Crippen LogP contribution in [0.2, 0.25) is 0 Å². The minimum absolute atomic E-state index is 0.492. The van der Waals surface area contributed by atoms with Crippen LogP contribution in [0, 0.1) is 0 Å². The third kappa shape index (κ3) is 3.03. The number of aliphatic hydroxyl groups is 1. The highest BCUT2D eigenvalue weighted by atomic mass is 79.9. The highest BCUT2D eigenvalue weighted by molar-refractivity contribution is 9.10. The summed E-state index contributed by atoms with van der Waals surface area (Å²) in [7, 11) is 0. The van der Waals surface area contributed by atoms with E-state index in [0.717, 1.165) is 15.7 Å². The zero-order valence-corrected chi connectivity index (χ0v) is 13.1. The van der Waals surface area contributed by atoms with Crippen molar-refractivity contribution in [3.63, 3.8) is 0 Å². The number of anilines is 1. The smallest absolute Gasteiger partial charge is 0.0962 e. The lowest BCUT2D eigenvalue weighted by Gasteiger charge is -2.13. The van der Waals surface area contributed by atoms with Crippen molar-refractivity contribution in [2.75, 3.05) is 11.9 Å². The van der Waals surface area contributed by atoms with Crippen LogP contribution in [0.5, 0.6) is 0 Å². The molecule has 0 aliphatic carbocycles. The van der Waals surface area contributed by atoms with E-state index in [-0.39, 0.29) is 0 Å². The van der Waals surface area contributed by atoms with Crippen LogP contribution in [0.3, 0.4) is 0 Å². The van der Waals surface area contributed by atoms with Crippen molar-refractivity contribution < 1.29 is 5.11 Å².